The molecule has 1 rings (SSSR count). The molecule has 6 nitrogen and oxygen atoms in total. The molecule has 0 saturated heterocycles. The topological polar surface area (TPSA) is 89.7 Å². The molecule has 1 aromatic rings. The molecule has 0 saturated carbocycles. The first kappa shape index (κ1) is 16.5. The number of nitrogens with two attached hydrogens (primary N) is 1. The van der Waals surface area contributed by atoms with Crippen molar-refractivity contribution < 1.29 is 17.9 Å². The summed E-state index contributed by atoms with van der Waals surface area (Å²) in [5, 5.41) is 0. The molecule has 1 amide bonds. The number of carbonyl (C=O) groups excluding carboxylic acids is 1. The van der Waals surface area contributed by atoms with Gasteiger partial charge in [0, 0.05) is 19.8 Å². The molecule has 0 aliphatic heterocycles. The number of sulfone groups is 1. The fraction of sp³-hybridized carbons (Fsp3) is 0.462. The molecule has 1 aromatic carbocycles. The van der Waals surface area contributed by atoms with E-state index in [9.17, 15) is 13.2 Å². The van der Waals surface area contributed by atoms with E-state index >= 15 is 0 Å². The van der Waals surface area contributed by atoms with E-state index in [0.29, 0.717) is 18.8 Å². The van der Waals surface area contributed by atoms with Crippen LogP contribution in [0.2, 0.25) is 0 Å². The largest absolute Gasteiger partial charge is 0.484 e. The summed E-state index contributed by atoms with van der Waals surface area (Å²) in [6.45, 7) is 0.964. The Bertz CT molecular complexity index is 557. The Labute approximate surface area is 119 Å². The predicted octanol–water partition coefficient (Wildman–Crippen LogP) is 0.276. The highest BCUT2D eigenvalue weighted by molar-refractivity contribution is 7.90. The molecular formula is C13H20N2O4S. The van der Waals surface area contributed by atoms with E-state index in [4.69, 9.17) is 10.5 Å². The Balaban J connectivity index is 2.60. The van der Waals surface area contributed by atoms with E-state index in [1.807, 2.05) is 0 Å². The Hall–Kier alpha value is -1.60. The van der Waals surface area contributed by atoms with Gasteiger partial charge in [-0.25, -0.2) is 8.42 Å². The highest BCUT2D eigenvalue weighted by Crippen LogP contribution is 2.17. The second-order valence-corrected chi connectivity index (χ2v) is 6.51. The van der Waals surface area contributed by atoms with Crippen LogP contribution in [0.3, 0.4) is 0 Å². The maximum absolute atomic E-state index is 11.7. The van der Waals surface area contributed by atoms with Crippen LogP contribution in [0.5, 0.6) is 5.75 Å². The third kappa shape index (κ3) is 5.18. The van der Waals surface area contributed by atoms with Crippen molar-refractivity contribution >= 4 is 15.7 Å². The Morgan fingerprint density at radius 1 is 1.40 bits per heavy atom. The van der Waals surface area contributed by atoms with Crippen LogP contribution < -0.4 is 10.5 Å². The van der Waals surface area contributed by atoms with Crippen LogP contribution in [0.4, 0.5) is 0 Å². The number of hydrogen-bond acceptors (Lipinski definition) is 5. The number of benzene rings is 1. The van der Waals surface area contributed by atoms with Gasteiger partial charge in [0.25, 0.3) is 5.91 Å². The molecule has 0 unspecified atom stereocenters. The van der Waals surface area contributed by atoms with E-state index < -0.39 is 9.84 Å². The van der Waals surface area contributed by atoms with E-state index in [1.54, 1.807) is 19.2 Å². The molecular weight excluding hydrogens is 280 g/mol. The summed E-state index contributed by atoms with van der Waals surface area (Å²) in [4.78, 5) is 13.4. The van der Waals surface area contributed by atoms with Crippen molar-refractivity contribution in [3.8, 4) is 5.75 Å². The average Bonchev–Trinajstić information content (AvgIpc) is 2.41. The zero-order valence-corrected chi connectivity index (χ0v) is 12.5. The molecule has 0 aromatic heterocycles. The molecule has 0 radical (unpaired) electrons. The van der Waals surface area contributed by atoms with E-state index in [0.717, 1.165) is 12.7 Å². The number of hydrogen-bond donors (Lipinski definition) is 1. The van der Waals surface area contributed by atoms with Gasteiger partial charge in [-0.05, 0) is 31.2 Å². The van der Waals surface area contributed by atoms with Gasteiger partial charge >= 0.3 is 0 Å². The summed E-state index contributed by atoms with van der Waals surface area (Å²) in [5.41, 5.74) is 5.37. The first-order valence-electron chi connectivity index (χ1n) is 6.21. The van der Waals surface area contributed by atoms with E-state index in [-0.39, 0.29) is 17.4 Å². The minimum absolute atomic E-state index is 0.131. The molecule has 112 valence electrons. The molecule has 20 heavy (non-hydrogen) atoms. The summed E-state index contributed by atoms with van der Waals surface area (Å²) in [6, 6.07) is 6.08. The lowest BCUT2D eigenvalue weighted by Gasteiger charge is -2.17. The van der Waals surface area contributed by atoms with Crippen molar-refractivity contribution in [3.05, 3.63) is 24.3 Å². The highest BCUT2D eigenvalue weighted by atomic mass is 32.2. The lowest BCUT2D eigenvalue weighted by Crippen LogP contribution is -2.33. The summed E-state index contributed by atoms with van der Waals surface area (Å²) in [5.74, 6) is 0.178. The number of nitrogens with zero attached hydrogens (tertiary/aromatic N) is 1. The van der Waals surface area contributed by atoms with Gasteiger partial charge < -0.3 is 15.4 Å². The van der Waals surface area contributed by atoms with Gasteiger partial charge in [0.15, 0.2) is 16.4 Å². The first-order chi connectivity index (χ1) is 9.34. The molecule has 0 fully saturated rings. The van der Waals surface area contributed by atoms with E-state index in [1.165, 1.54) is 17.0 Å². The Morgan fingerprint density at radius 2 is 2.10 bits per heavy atom. The standard InChI is InChI=1S/C13H20N2O4S/c1-15(8-4-7-14)13(16)10-19-11-5-3-6-12(9-11)20(2,17)18/h3,5-6,9H,4,7-8,10,14H2,1-2H3. The van der Waals surface area contributed by atoms with Crippen molar-refractivity contribution in [1.29, 1.82) is 0 Å². The highest BCUT2D eigenvalue weighted by Gasteiger charge is 2.11. The van der Waals surface area contributed by atoms with Crippen molar-refractivity contribution in [2.45, 2.75) is 11.3 Å². The number of rotatable bonds is 7. The summed E-state index contributed by atoms with van der Waals surface area (Å²) in [6.07, 6.45) is 1.85. The van der Waals surface area contributed by atoms with Crippen LogP contribution in [0.15, 0.2) is 29.2 Å². The van der Waals surface area contributed by atoms with Gasteiger partial charge in [0.2, 0.25) is 0 Å². The first-order valence-corrected chi connectivity index (χ1v) is 8.10. The van der Waals surface area contributed by atoms with Crippen LogP contribution in [0.25, 0.3) is 0 Å². The van der Waals surface area contributed by atoms with Crippen molar-refractivity contribution in [1.82, 2.24) is 4.90 Å². The number of likely N-dealkylation sites (N-methyl/N-ethyl adjacent to an activating group) is 1. The zero-order valence-electron chi connectivity index (χ0n) is 11.7. The van der Waals surface area contributed by atoms with Crippen molar-refractivity contribution in [2.75, 3.05) is 33.0 Å². The quantitative estimate of drug-likeness (QED) is 0.781. The molecule has 0 aliphatic rings. The second kappa shape index (κ2) is 7.25. The maximum atomic E-state index is 11.7. The number of amides is 1. The molecule has 0 atom stereocenters. The molecule has 2 N–H and O–H groups in total. The van der Waals surface area contributed by atoms with Crippen LogP contribution in [-0.2, 0) is 14.6 Å². The van der Waals surface area contributed by atoms with Crippen LogP contribution in [0, 0.1) is 0 Å². The minimum Gasteiger partial charge on any atom is -0.484 e. The normalized spacial score (nSPS) is 11.2. The van der Waals surface area contributed by atoms with Crippen LogP contribution >= 0.6 is 0 Å². The third-order valence-electron chi connectivity index (χ3n) is 2.72. The maximum Gasteiger partial charge on any atom is 0.260 e. The fourth-order valence-corrected chi connectivity index (χ4v) is 2.16. The van der Waals surface area contributed by atoms with Crippen LogP contribution in [0.1, 0.15) is 6.42 Å². The molecule has 0 aliphatic carbocycles. The monoisotopic (exact) mass is 300 g/mol. The fourth-order valence-electron chi connectivity index (χ4n) is 1.50. The van der Waals surface area contributed by atoms with Gasteiger partial charge in [-0.15, -0.1) is 0 Å². The lowest BCUT2D eigenvalue weighted by atomic mass is 10.3. The summed E-state index contributed by atoms with van der Waals surface area (Å²) in [7, 11) is -1.61. The second-order valence-electron chi connectivity index (χ2n) is 4.49. The Kier molecular flexibility index (Phi) is 5.97. The van der Waals surface area contributed by atoms with Gasteiger partial charge in [-0.1, -0.05) is 6.07 Å². The van der Waals surface area contributed by atoms with E-state index in [2.05, 4.69) is 0 Å². The minimum atomic E-state index is -3.28. The number of ether oxygens (including phenoxy) is 1. The van der Waals surface area contributed by atoms with Crippen molar-refractivity contribution in [2.24, 2.45) is 5.73 Å². The smallest absolute Gasteiger partial charge is 0.260 e. The molecule has 0 heterocycles. The van der Waals surface area contributed by atoms with Gasteiger partial charge in [-0.2, -0.15) is 0 Å². The molecule has 0 bridgehead atoms. The SMILES string of the molecule is CN(CCCN)C(=O)COc1cccc(S(C)(=O)=O)c1. The zero-order chi connectivity index (χ0) is 15.2. The lowest BCUT2D eigenvalue weighted by molar-refractivity contribution is -0.132. The van der Waals surface area contributed by atoms with Crippen LogP contribution in [-0.4, -0.2) is 52.2 Å². The molecule has 7 heteroatoms. The predicted molar refractivity (Wildman–Crippen MR) is 76.4 cm³/mol. The van der Waals surface area contributed by atoms with Gasteiger partial charge in [0.05, 0.1) is 4.90 Å². The summed E-state index contributed by atoms with van der Waals surface area (Å²) >= 11 is 0. The summed E-state index contributed by atoms with van der Waals surface area (Å²) < 4.78 is 28.1. The third-order valence-corrected chi connectivity index (χ3v) is 3.83. The van der Waals surface area contributed by atoms with Gasteiger partial charge in [-0.3, -0.25) is 4.79 Å². The van der Waals surface area contributed by atoms with Crippen molar-refractivity contribution in [3.63, 3.8) is 0 Å². The average molecular weight is 300 g/mol. The van der Waals surface area contributed by atoms with Gasteiger partial charge in [0.1, 0.15) is 5.75 Å². The Morgan fingerprint density at radius 3 is 2.70 bits per heavy atom. The number of carbonyl (C=O) groups is 1. The molecule has 0 spiro atoms.